The Kier molecular flexibility index (Phi) is 3.63. The molecule has 0 aliphatic heterocycles. The van der Waals surface area contributed by atoms with E-state index in [1.165, 1.54) is 17.8 Å². The summed E-state index contributed by atoms with van der Waals surface area (Å²) in [5.74, 6) is -0.287. The predicted molar refractivity (Wildman–Crippen MR) is 67.1 cm³/mol. The second kappa shape index (κ2) is 5.01. The van der Waals surface area contributed by atoms with Gasteiger partial charge in [-0.2, -0.15) is 0 Å². The van der Waals surface area contributed by atoms with Gasteiger partial charge in [-0.25, -0.2) is 4.98 Å². The summed E-state index contributed by atoms with van der Waals surface area (Å²) in [5.41, 5.74) is 5.93. The summed E-state index contributed by atoms with van der Waals surface area (Å²) in [6.45, 7) is 2.25. The fourth-order valence-electron chi connectivity index (χ4n) is 2.13. The highest BCUT2D eigenvalue weighted by molar-refractivity contribution is 7.13. The van der Waals surface area contributed by atoms with Crippen LogP contribution in [0.4, 0.5) is 5.13 Å². The molecule has 4 N–H and O–H groups in total. The third-order valence-electron chi connectivity index (χ3n) is 3.13. The van der Waals surface area contributed by atoms with Gasteiger partial charge in [0, 0.05) is 11.4 Å². The molecule has 0 saturated heterocycles. The Morgan fingerprint density at radius 3 is 3.06 bits per heavy atom. The van der Waals surface area contributed by atoms with E-state index in [1.54, 1.807) is 5.38 Å². The van der Waals surface area contributed by atoms with E-state index in [-0.39, 0.29) is 0 Å². The minimum absolute atomic E-state index is 0.427. The van der Waals surface area contributed by atoms with E-state index in [4.69, 9.17) is 10.8 Å². The molecule has 94 valence electrons. The molecule has 1 aromatic rings. The highest BCUT2D eigenvalue weighted by Crippen LogP contribution is 2.29. The van der Waals surface area contributed by atoms with Crippen LogP contribution in [-0.4, -0.2) is 22.1 Å². The van der Waals surface area contributed by atoms with Gasteiger partial charge in [-0.3, -0.25) is 4.79 Å². The van der Waals surface area contributed by atoms with Crippen molar-refractivity contribution in [2.75, 3.05) is 5.32 Å². The van der Waals surface area contributed by atoms with E-state index in [1.807, 2.05) is 0 Å². The third-order valence-corrected chi connectivity index (χ3v) is 3.92. The molecule has 0 bridgehead atoms. The molecule has 0 radical (unpaired) electrons. The van der Waals surface area contributed by atoms with Crippen LogP contribution in [0.15, 0.2) is 5.38 Å². The molecular weight excluding hydrogens is 238 g/mol. The normalized spacial score (nSPS) is 25.8. The van der Waals surface area contributed by atoms with Crippen LogP contribution in [0.3, 0.4) is 0 Å². The number of nitrogens with zero attached hydrogens (tertiary/aromatic N) is 1. The smallest absolute Gasteiger partial charge is 0.326 e. The Balaban J connectivity index is 1.96. The van der Waals surface area contributed by atoms with Crippen LogP contribution in [0.1, 0.15) is 37.9 Å². The van der Waals surface area contributed by atoms with E-state index in [2.05, 4.69) is 17.2 Å². The number of rotatable bonds is 4. The molecule has 5 nitrogen and oxygen atoms in total. The fourth-order valence-corrected chi connectivity index (χ4v) is 2.96. The van der Waals surface area contributed by atoms with Crippen molar-refractivity contribution >= 4 is 22.4 Å². The quantitative estimate of drug-likeness (QED) is 0.764. The number of hydrogen-bond acceptors (Lipinski definition) is 5. The Bertz CT molecular complexity index is 407. The van der Waals surface area contributed by atoms with Gasteiger partial charge in [-0.05, 0) is 25.2 Å². The number of carbonyl (C=O) groups is 1. The number of anilines is 1. The number of aromatic nitrogens is 1. The summed E-state index contributed by atoms with van der Waals surface area (Å²) in [7, 11) is 0. The molecule has 3 atom stereocenters. The monoisotopic (exact) mass is 255 g/mol. The van der Waals surface area contributed by atoms with Crippen molar-refractivity contribution in [3.63, 3.8) is 0 Å². The molecule has 2 rings (SSSR count). The van der Waals surface area contributed by atoms with Crippen molar-refractivity contribution in [1.82, 2.24) is 4.98 Å². The molecule has 6 heteroatoms. The second-order valence-corrected chi connectivity index (χ2v) is 5.51. The van der Waals surface area contributed by atoms with Gasteiger partial charge in [0.15, 0.2) is 5.13 Å². The van der Waals surface area contributed by atoms with Crippen LogP contribution in [0, 0.1) is 5.92 Å². The molecule has 1 saturated carbocycles. The lowest BCUT2D eigenvalue weighted by Gasteiger charge is -2.10. The second-order valence-electron chi connectivity index (χ2n) is 4.65. The summed E-state index contributed by atoms with van der Waals surface area (Å²) in [4.78, 5) is 14.9. The molecule has 1 fully saturated rings. The first kappa shape index (κ1) is 12.3. The lowest BCUT2D eigenvalue weighted by molar-refractivity contribution is -0.138. The third kappa shape index (κ3) is 2.95. The highest BCUT2D eigenvalue weighted by atomic mass is 32.1. The Labute approximate surface area is 104 Å². The largest absolute Gasteiger partial charge is 0.480 e. The molecule has 1 aromatic heterocycles. The van der Waals surface area contributed by atoms with Gasteiger partial charge in [-0.15, -0.1) is 11.3 Å². The SMILES string of the molecule is CC1CCC(Nc2nc(C(N)C(=O)O)cs2)C1. The van der Waals surface area contributed by atoms with Crippen molar-refractivity contribution in [3.05, 3.63) is 11.1 Å². The van der Waals surface area contributed by atoms with Crippen molar-refractivity contribution in [2.45, 2.75) is 38.3 Å². The number of carboxylic acid groups (broad SMARTS) is 1. The van der Waals surface area contributed by atoms with E-state index in [0.29, 0.717) is 11.7 Å². The van der Waals surface area contributed by atoms with Gasteiger partial charge in [0.05, 0.1) is 5.69 Å². The van der Waals surface area contributed by atoms with Crippen molar-refractivity contribution in [1.29, 1.82) is 0 Å². The topological polar surface area (TPSA) is 88.2 Å². The van der Waals surface area contributed by atoms with Crippen molar-refractivity contribution in [2.24, 2.45) is 11.7 Å². The van der Waals surface area contributed by atoms with Crippen molar-refractivity contribution < 1.29 is 9.90 Å². The van der Waals surface area contributed by atoms with Crippen LogP contribution < -0.4 is 11.1 Å². The van der Waals surface area contributed by atoms with E-state index < -0.39 is 12.0 Å². The van der Waals surface area contributed by atoms with Crippen LogP contribution >= 0.6 is 11.3 Å². The molecule has 3 unspecified atom stereocenters. The van der Waals surface area contributed by atoms with Gasteiger partial charge in [0.2, 0.25) is 0 Å². The van der Waals surface area contributed by atoms with E-state index in [0.717, 1.165) is 23.9 Å². The molecule has 17 heavy (non-hydrogen) atoms. The van der Waals surface area contributed by atoms with Crippen LogP contribution in [0.2, 0.25) is 0 Å². The molecule has 0 amide bonds. The number of hydrogen-bond donors (Lipinski definition) is 3. The minimum atomic E-state index is -1.05. The Hall–Kier alpha value is -1.14. The first-order valence-electron chi connectivity index (χ1n) is 5.76. The maximum atomic E-state index is 10.7. The number of nitrogens with one attached hydrogen (secondary N) is 1. The predicted octanol–water partition coefficient (Wildman–Crippen LogP) is 1.83. The maximum absolute atomic E-state index is 10.7. The van der Waals surface area contributed by atoms with Crippen LogP contribution in [-0.2, 0) is 4.79 Å². The zero-order valence-corrected chi connectivity index (χ0v) is 10.5. The average molecular weight is 255 g/mol. The van der Waals surface area contributed by atoms with Gasteiger partial charge in [0.1, 0.15) is 6.04 Å². The number of thiazole rings is 1. The molecular formula is C11H17N3O2S. The zero-order valence-electron chi connectivity index (χ0n) is 9.72. The first-order valence-corrected chi connectivity index (χ1v) is 6.64. The summed E-state index contributed by atoms with van der Waals surface area (Å²) >= 11 is 1.42. The average Bonchev–Trinajstić information content (AvgIpc) is 2.87. The van der Waals surface area contributed by atoms with E-state index in [9.17, 15) is 4.79 Å². The van der Waals surface area contributed by atoms with Gasteiger partial charge in [0.25, 0.3) is 0 Å². The van der Waals surface area contributed by atoms with Crippen LogP contribution in [0.25, 0.3) is 0 Å². The molecule has 1 aliphatic rings. The van der Waals surface area contributed by atoms with Gasteiger partial charge in [-0.1, -0.05) is 6.92 Å². The molecule has 0 aromatic carbocycles. The van der Waals surface area contributed by atoms with Gasteiger partial charge >= 0.3 is 5.97 Å². The maximum Gasteiger partial charge on any atom is 0.326 e. The zero-order chi connectivity index (χ0) is 12.4. The highest BCUT2D eigenvalue weighted by Gasteiger charge is 2.23. The number of carboxylic acids is 1. The minimum Gasteiger partial charge on any atom is -0.480 e. The number of aliphatic carboxylic acids is 1. The van der Waals surface area contributed by atoms with Crippen LogP contribution in [0.5, 0.6) is 0 Å². The van der Waals surface area contributed by atoms with E-state index >= 15 is 0 Å². The molecule has 0 spiro atoms. The van der Waals surface area contributed by atoms with Crippen molar-refractivity contribution in [3.8, 4) is 0 Å². The molecule has 1 aliphatic carbocycles. The summed E-state index contributed by atoms with van der Waals surface area (Å²) in [6.07, 6.45) is 3.55. The standard InChI is InChI=1S/C11H17N3O2S/c1-6-2-3-7(4-6)13-11-14-8(5-17-11)9(12)10(15)16/h5-7,9H,2-4,12H2,1H3,(H,13,14)(H,15,16). The summed E-state index contributed by atoms with van der Waals surface area (Å²) < 4.78 is 0. The summed E-state index contributed by atoms with van der Waals surface area (Å²) in [5, 5.41) is 14.6. The summed E-state index contributed by atoms with van der Waals surface area (Å²) in [6, 6.07) is -0.561. The molecule has 1 heterocycles. The lowest BCUT2D eigenvalue weighted by atomic mass is 10.1. The lowest BCUT2D eigenvalue weighted by Crippen LogP contribution is -2.21. The first-order chi connectivity index (χ1) is 8.06. The van der Waals surface area contributed by atoms with Gasteiger partial charge < -0.3 is 16.2 Å². The Morgan fingerprint density at radius 1 is 1.71 bits per heavy atom. The number of nitrogens with two attached hydrogens (primary N) is 1. The fraction of sp³-hybridized carbons (Fsp3) is 0.636. The Morgan fingerprint density at radius 2 is 2.47 bits per heavy atom.